The molecule has 0 aromatic rings. The lowest BCUT2D eigenvalue weighted by Crippen LogP contribution is -2.19. The van der Waals surface area contributed by atoms with Gasteiger partial charge in [0.2, 0.25) is 0 Å². The van der Waals surface area contributed by atoms with Crippen LogP contribution < -0.4 is 0 Å². The van der Waals surface area contributed by atoms with E-state index in [2.05, 4.69) is 48.5 Å². The summed E-state index contributed by atoms with van der Waals surface area (Å²) in [6, 6.07) is 0. The largest absolute Gasteiger partial charge is 0.0654 e. The van der Waals surface area contributed by atoms with Crippen LogP contribution in [0.4, 0.5) is 0 Å². The molecule has 0 aliphatic carbocycles. The Morgan fingerprint density at radius 2 is 1.20 bits per heavy atom. The van der Waals surface area contributed by atoms with Gasteiger partial charge in [-0.3, -0.25) is 0 Å². The lowest BCUT2D eigenvalue weighted by atomic mass is 9.75. The molecule has 0 radical (unpaired) electrons. The maximum atomic E-state index is 2.37. The average molecular weight is 212 g/mol. The summed E-state index contributed by atoms with van der Waals surface area (Å²) < 4.78 is 0. The van der Waals surface area contributed by atoms with Crippen LogP contribution in [0, 0.1) is 16.7 Å². The number of hydrogen-bond donors (Lipinski definition) is 0. The van der Waals surface area contributed by atoms with Crippen molar-refractivity contribution in [2.75, 3.05) is 0 Å². The molecule has 0 rings (SSSR count). The van der Waals surface area contributed by atoms with Crippen molar-refractivity contribution >= 4 is 0 Å². The second kappa shape index (κ2) is 5.92. The molecule has 0 nitrogen and oxygen atoms in total. The van der Waals surface area contributed by atoms with Gasteiger partial charge in [0.15, 0.2) is 0 Å². The summed E-state index contributed by atoms with van der Waals surface area (Å²) in [6.45, 7) is 16.5. The minimum Gasteiger partial charge on any atom is -0.0654 e. The van der Waals surface area contributed by atoms with Gasteiger partial charge in [-0.2, -0.15) is 0 Å². The summed E-state index contributed by atoms with van der Waals surface area (Å²) in [4.78, 5) is 0. The Labute approximate surface area is 97.8 Å². The molecule has 92 valence electrons. The molecule has 0 heterocycles. The van der Waals surface area contributed by atoms with Gasteiger partial charge in [0.1, 0.15) is 0 Å². The van der Waals surface area contributed by atoms with Crippen molar-refractivity contribution in [3.05, 3.63) is 0 Å². The van der Waals surface area contributed by atoms with Crippen molar-refractivity contribution in [1.82, 2.24) is 0 Å². The van der Waals surface area contributed by atoms with Crippen molar-refractivity contribution in [1.29, 1.82) is 0 Å². The SMILES string of the molecule is CCCCC(CC(C)(C)C)CC(C)(C)C. The van der Waals surface area contributed by atoms with Crippen molar-refractivity contribution in [3.8, 4) is 0 Å². The molecule has 0 aliphatic heterocycles. The molecule has 15 heavy (non-hydrogen) atoms. The first kappa shape index (κ1) is 15.0. The van der Waals surface area contributed by atoms with E-state index >= 15 is 0 Å². The van der Waals surface area contributed by atoms with Crippen molar-refractivity contribution in [2.45, 2.75) is 80.6 Å². The van der Waals surface area contributed by atoms with Crippen LogP contribution in [0.1, 0.15) is 80.6 Å². The molecular weight excluding hydrogens is 180 g/mol. The van der Waals surface area contributed by atoms with Gasteiger partial charge in [-0.25, -0.2) is 0 Å². The maximum absolute atomic E-state index is 2.37. The number of hydrogen-bond acceptors (Lipinski definition) is 0. The molecule has 0 N–H and O–H groups in total. The molecular formula is C15H32. The predicted molar refractivity (Wildman–Crippen MR) is 71.2 cm³/mol. The van der Waals surface area contributed by atoms with E-state index in [1.54, 1.807) is 0 Å². The average Bonchev–Trinajstić information content (AvgIpc) is 1.94. The second-order valence-electron chi connectivity index (χ2n) is 7.54. The van der Waals surface area contributed by atoms with Crippen LogP contribution in [-0.2, 0) is 0 Å². The minimum atomic E-state index is 0.490. The van der Waals surface area contributed by atoms with E-state index in [0.717, 1.165) is 5.92 Å². The first-order valence-electron chi connectivity index (χ1n) is 6.64. The highest BCUT2D eigenvalue weighted by atomic mass is 14.3. The lowest BCUT2D eigenvalue weighted by Gasteiger charge is -2.31. The quantitative estimate of drug-likeness (QED) is 0.551. The zero-order valence-electron chi connectivity index (χ0n) is 12.1. The number of rotatable bonds is 5. The van der Waals surface area contributed by atoms with E-state index in [1.807, 2.05) is 0 Å². The summed E-state index contributed by atoms with van der Waals surface area (Å²) in [6.07, 6.45) is 6.92. The third-order valence-electron chi connectivity index (χ3n) is 2.77. The summed E-state index contributed by atoms with van der Waals surface area (Å²) in [5.41, 5.74) is 0.979. The monoisotopic (exact) mass is 212 g/mol. The summed E-state index contributed by atoms with van der Waals surface area (Å²) in [7, 11) is 0. The van der Waals surface area contributed by atoms with Crippen molar-refractivity contribution in [3.63, 3.8) is 0 Å². The highest BCUT2D eigenvalue weighted by molar-refractivity contribution is 4.74. The normalized spacial score (nSPS) is 13.6. The Bertz CT molecular complexity index is 138. The molecule has 0 atom stereocenters. The van der Waals surface area contributed by atoms with Crippen LogP contribution >= 0.6 is 0 Å². The molecule has 0 bridgehead atoms. The van der Waals surface area contributed by atoms with Gasteiger partial charge in [-0.05, 0) is 29.6 Å². The standard InChI is InChI=1S/C15H32/c1-8-9-10-13(11-14(2,3)4)12-15(5,6)7/h13H,8-12H2,1-7H3. The van der Waals surface area contributed by atoms with Crippen LogP contribution in [-0.4, -0.2) is 0 Å². The third-order valence-corrected chi connectivity index (χ3v) is 2.77. The van der Waals surface area contributed by atoms with Crippen LogP contribution in [0.15, 0.2) is 0 Å². The number of unbranched alkanes of at least 4 members (excludes halogenated alkanes) is 1. The van der Waals surface area contributed by atoms with E-state index < -0.39 is 0 Å². The molecule has 0 aliphatic rings. The highest BCUT2D eigenvalue weighted by Gasteiger charge is 2.23. The fourth-order valence-corrected chi connectivity index (χ4v) is 2.50. The molecule has 0 saturated carbocycles. The fourth-order valence-electron chi connectivity index (χ4n) is 2.50. The maximum Gasteiger partial charge on any atom is -0.0380 e. The minimum absolute atomic E-state index is 0.490. The fraction of sp³-hybridized carbons (Fsp3) is 1.00. The zero-order valence-corrected chi connectivity index (χ0v) is 12.1. The topological polar surface area (TPSA) is 0 Å². The predicted octanol–water partition coefficient (Wildman–Crippen LogP) is 5.67. The second-order valence-corrected chi connectivity index (χ2v) is 7.54. The molecule has 0 aromatic heterocycles. The van der Waals surface area contributed by atoms with E-state index in [9.17, 15) is 0 Å². The first-order valence-corrected chi connectivity index (χ1v) is 6.64. The van der Waals surface area contributed by atoms with Gasteiger partial charge < -0.3 is 0 Å². The molecule has 0 amide bonds. The lowest BCUT2D eigenvalue weighted by molar-refractivity contribution is 0.207. The highest BCUT2D eigenvalue weighted by Crippen LogP contribution is 2.35. The third kappa shape index (κ3) is 10.3. The Kier molecular flexibility index (Phi) is 5.92. The molecule has 0 fully saturated rings. The van der Waals surface area contributed by atoms with Crippen LogP contribution in [0.25, 0.3) is 0 Å². The zero-order chi connectivity index (χ0) is 12.1. The van der Waals surface area contributed by atoms with Gasteiger partial charge in [-0.1, -0.05) is 67.7 Å². The van der Waals surface area contributed by atoms with Gasteiger partial charge in [0.05, 0.1) is 0 Å². The summed E-state index contributed by atoms with van der Waals surface area (Å²) in [5.74, 6) is 0.921. The summed E-state index contributed by atoms with van der Waals surface area (Å²) in [5, 5.41) is 0. The van der Waals surface area contributed by atoms with E-state index in [1.165, 1.54) is 32.1 Å². The van der Waals surface area contributed by atoms with Crippen molar-refractivity contribution < 1.29 is 0 Å². The van der Waals surface area contributed by atoms with Crippen LogP contribution in [0.2, 0.25) is 0 Å². The van der Waals surface area contributed by atoms with E-state index in [-0.39, 0.29) is 0 Å². The molecule has 0 saturated heterocycles. The van der Waals surface area contributed by atoms with E-state index in [4.69, 9.17) is 0 Å². The van der Waals surface area contributed by atoms with Crippen LogP contribution in [0.5, 0.6) is 0 Å². The molecule has 0 aromatic carbocycles. The van der Waals surface area contributed by atoms with Gasteiger partial charge in [0, 0.05) is 0 Å². The Hall–Kier alpha value is 0. The van der Waals surface area contributed by atoms with Gasteiger partial charge in [-0.15, -0.1) is 0 Å². The Balaban J connectivity index is 4.19. The Morgan fingerprint density at radius 1 is 0.800 bits per heavy atom. The Morgan fingerprint density at radius 3 is 1.47 bits per heavy atom. The van der Waals surface area contributed by atoms with E-state index in [0.29, 0.717) is 10.8 Å². The molecule has 0 unspecified atom stereocenters. The van der Waals surface area contributed by atoms with Crippen molar-refractivity contribution in [2.24, 2.45) is 16.7 Å². The van der Waals surface area contributed by atoms with Gasteiger partial charge >= 0.3 is 0 Å². The smallest absolute Gasteiger partial charge is 0.0380 e. The van der Waals surface area contributed by atoms with Gasteiger partial charge in [0.25, 0.3) is 0 Å². The molecule has 0 spiro atoms. The van der Waals surface area contributed by atoms with Crippen LogP contribution in [0.3, 0.4) is 0 Å². The first-order chi connectivity index (χ1) is 6.64. The summed E-state index contributed by atoms with van der Waals surface area (Å²) >= 11 is 0. The molecule has 0 heteroatoms.